The third-order valence-electron chi connectivity index (χ3n) is 3.73. The van der Waals surface area contributed by atoms with Gasteiger partial charge >= 0.3 is 12.0 Å². The standard InChI is InChI=1S/C13H22N2O4/c1-7(2)5-10(12(16)17)15-13(18)14-9-6-8-3-4-11(9)19-8/h7-11H,3-6H2,1-2H3,(H,16,17)(H2,14,15,18). The van der Waals surface area contributed by atoms with E-state index in [0.717, 1.165) is 19.3 Å². The number of carboxylic acid groups (broad SMARTS) is 1. The van der Waals surface area contributed by atoms with Gasteiger partial charge < -0.3 is 20.5 Å². The van der Waals surface area contributed by atoms with E-state index in [9.17, 15) is 9.59 Å². The van der Waals surface area contributed by atoms with Crippen LogP contribution in [0.5, 0.6) is 0 Å². The fourth-order valence-corrected chi connectivity index (χ4v) is 2.85. The zero-order valence-electron chi connectivity index (χ0n) is 11.4. The molecule has 2 rings (SSSR count). The molecule has 3 N–H and O–H groups in total. The fraction of sp³-hybridized carbons (Fsp3) is 0.846. The van der Waals surface area contributed by atoms with Crippen LogP contribution in [-0.2, 0) is 9.53 Å². The van der Waals surface area contributed by atoms with E-state index in [4.69, 9.17) is 9.84 Å². The van der Waals surface area contributed by atoms with Crippen LogP contribution in [-0.4, -0.2) is 41.4 Å². The van der Waals surface area contributed by atoms with Gasteiger partial charge in [-0.2, -0.15) is 0 Å². The first-order valence-corrected chi connectivity index (χ1v) is 6.91. The van der Waals surface area contributed by atoms with E-state index in [1.54, 1.807) is 0 Å². The normalized spacial score (nSPS) is 30.4. The molecule has 2 aliphatic heterocycles. The Balaban J connectivity index is 1.81. The number of rotatable bonds is 5. The van der Waals surface area contributed by atoms with Crippen LogP contribution in [0.3, 0.4) is 0 Å². The molecule has 0 aromatic rings. The number of ether oxygens (including phenoxy) is 1. The van der Waals surface area contributed by atoms with E-state index < -0.39 is 18.0 Å². The Hall–Kier alpha value is -1.30. The van der Waals surface area contributed by atoms with Crippen molar-refractivity contribution in [3.63, 3.8) is 0 Å². The number of hydrogen-bond donors (Lipinski definition) is 3. The lowest BCUT2D eigenvalue weighted by Crippen LogP contribution is -2.51. The number of carboxylic acids is 1. The first-order chi connectivity index (χ1) is 8.95. The lowest BCUT2D eigenvalue weighted by atomic mass is 9.96. The SMILES string of the molecule is CC(C)CC(NC(=O)NC1CC2CCC1O2)C(=O)O. The summed E-state index contributed by atoms with van der Waals surface area (Å²) in [5, 5.41) is 14.4. The molecule has 6 heteroatoms. The molecule has 108 valence electrons. The van der Waals surface area contributed by atoms with Gasteiger partial charge in [0, 0.05) is 0 Å². The molecule has 2 saturated heterocycles. The van der Waals surface area contributed by atoms with Crippen molar-refractivity contribution in [2.24, 2.45) is 5.92 Å². The minimum absolute atomic E-state index is 0.0206. The molecule has 2 fully saturated rings. The van der Waals surface area contributed by atoms with Crippen molar-refractivity contribution in [1.29, 1.82) is 0 Å². The van der Waals surface area contributed by atoms with Crippen molar-refractivity contribution in [3.8, 4) is 0 Å². The highest BCUT2D eigenvalue weighted by molar-refractivity contribution is 5.82. The summed E-state index contributed by atoms with van der Waals surface area (Å²) in [4.78, 5) is 22.9. The molecular weight excluding hydrogens is 248 g/mol. The molecule has 6 nitrogen and oxygen atoms in total. The Kier molecular flexibility index (Phi) is 4.29. The van der Waals surface area contributed by atoms with Crippen LogP contribution in [0.1, 0.15) is 39.5 Å². The molecule has 0 radical (unpaired) electrons. The van der Waals surface area contributed by atoms with E-state index >= 15 is 0 Å². The van der Waals surface area contributed by atoms with E-state index in [2.05, 4.69) is 10.6 Å². The zero-order chi connectivity index (χ0) is 14.0. The Morgan fingerprint density at radius 3 is 2.58 bits per heavy atom. The van der Waals surface area contributed by atoms with Crippen LogP contribution in [0.2, 0.25) is 0 Å². The topological polar surface area (TPSA) is 87.7 Å². The van der Waals surface area contributed by atoms with Gasteiger partial charge in [0.2, 0.25) is 0 Å². The summed E-state index contributed by atoms with van der Waals surface area (Å²) >= 11 is 0. The summed E-state index contributed by atoms with van der Waals surface area (Å²) in [5.41, 5.74) is 0. The maximum Gasteiger partial charge on any atom is 0.326 e. The number of carbonyl (C=O) groups is 2. The van der Waals surface area contributed by atoms with Gasteiger partial charge in [-0.05, 0) is 31.6 Å². The molecule has 4 atom stereocenters. The summed E-state index contributed by atoms with van der Waals surface area (Å²) in [6.45, 7) is 3.86. The predicted molar refractivity (Wildman–Crippen MR) is 68.8 cm³/mol. The van der Waals surface area contributed by atoms with Crippen molar-refractivity contribution in [3.05, 3.63) is 0 Å². The first kappa shape index (κ1) is 14.1. The van der Waals surface area contributed by atoms with Crippen LogP contribution in [0.25, 0.3) is 0 Å². The first-order valence-electron chi connectivity index (χ1n) is 6.91. The quantitative estimate of drug-likeness (QED) is 0.698. The monoisotopic (exact) mass is 270 g/mol. The Labute approximate surface area is 112 Å². The number of aliphatic carboxylic acids is 1. The highest BCUT2D eigenvalue weighted by Gasteiger charge is 2.41. The lowest BCUT2D eigenvalue weighted by molar-refractivity contribution is -0.139. The molecule has 2 heterocycles. The number of amides is 2. The van der Waals surface area contributed by atoms with Gasteiger partial charge in [0.25, 0.3) is 0 Å². The third kappa shape index (κ3) is 3.59. The fourth-order valence-electron chi connectivity index (χ4n) is 2.85. The lowest BCUT2D eigenvalue weighted by Gasteiger charge is -2.22. The number of urea groups is 1. The zero-order valence-corrected chi connectivity index (χ0v) is 11.4. The molecule has 2 aliphatic rings. The van der Waals surface area contributed by atoms with E-state index in [1.165, 1.54) is 0 Å². The van der Waals surface area contributed by atoms with Crippen molar-refractivity contribution in [1.82, 2.24) is 10.6 Å². The maximum atomic E-state index is 11.8. The van der Waals surface area contributed by atoms with Crippen LogP contribution < -0.4 is 10.6 Å². The molecule has 2 amide bonds. The Bertz CT molecular complexity index is 359. The van der Waals surface area contributed by atoms with Gasteiger partial charge in [0.15, 0.2) is 0 Å². The summed E-state index contributed by atoms with van der Waals surface area (Å²) in [5.74, 6) is -0.778. The van der Waals surface area contributed by atoms with Gasteiger partial charge in [-0.15, -0.1) is 0 Å². The molecule has 0 spiro atoms. The van der Waals surface area contributed by atoms with Crippen molar-refractivity contribution in [2.75, 3.05) is 0 Å². The number of hydrogen-bond acceptors (Lipinski definition) is 3. The van der Waals surface area contributed by atoms with Gasteiger partial charge in [-0.3, -0.25) is 0 Å². The van der Waals surface area contributed by atoms with Gasteiger partial charge in [-0.25, -0.2) is 9.59 Å². The van der Waals surface area contributed by atoms with Gasteiger partial charge in [0.1, 0.15) is 6.04 Å². The summed E-state index contributed by atoms with van der Waals surface area (Å²) in [6, 6.07) is -1.22. The van der Waals surface area contributed by atoms with Crippen LogP contribution in [0.15, 0.2) is 0 Å². The molecule has 0 aliphatic carbocycles. The average Bonchev–Trinajstić information content (AvgIpc) is 2.89. The maximum absolute atomic E-state index is 11.8. The largest absolute Gasteiger partial charge is 0.480 e. The molecule has 2 bridgehead atoms. The van der Waals surface area contributed by atoms with Gasteiger partial charge in [0.05, 0.1) is 18.2 Å². The summed E-state index contributed by atoms with van der Waals surface area (Å²) < 4.78 is 5.64. The van der Waals surface area contributed by atoms with Crippen molar-refractivity contribution < 1.29 is 19.4 Å². The highest BCUT2D eigenvalue weighted by atomic mass is 16.5. The number of carbonyl (C=O) groups excluding carboxylic acids is 1. The van der Waals surface area contributed by atoms with E-state index in [0.29, 0.717) is 6.42 Å². The molecule has 4 unspecified atom stereocenters. The average molecular weight is 270 g/mol. The van der Waals surface area contributed by atoms with Crippen LogP contribution in [0.4, 0.5) is 4.79 Å². The minimum atomic E-state index is -0.993. The smallest absolute Gasteiger partial charge is 0.326 e. The molecular formula is C13H22N2O4. The van der Waals surface area contributed by atoms with Crippen LogP contribution in [0, 0.1) is 5.92 Å². The third-order valence-corrected chi connectivity index (χ3v) is 3.73. The van der Waals surface area contributed by atoms with Crippen LogP contribution >= 0.6 is 0 Å². The second-order valence-corrected chi connectivity index (χ2v) is 5.85. The highest BCUT2D eigenvalue weighted by Crippen LogP contribution is 2.34. The second-order valence-electron chi connectivity index (χ2n) is 5.85. The second kappa shape index (κ2) is 5.77. The van der Waals surface area contributed by atoms with Crippen molar-refractivity contribution >= 4 is 12.0 Å². The summed E-state index contributed by atoms with van der Waals surface area (Å²) in [6.07, 6.45) is 3.67. The Morgan fingerprint density at radius 1 is 1.37 bits per heavy atom. The Morgan fingerprint density at radius 2 is 2.11 bits per heavy atom. The molecule has 0 aromatic carbocycles. The molecule has 19 heavy (non-hydrogen) atoms. The predicted octanol–water partition coefficient (Wildman–Crippen LogP) is 1.10. The van der Waals surface area contributed by atoms with Gasteiger partial charge in [-0.1, -0.05) is 13.8 Å². The summed E-state index contributed by atoms with van der Waals surface area (Å²) in [7, 11) is 0. The number of fused-ring (bicyclic) bond motifs is 2. The van der Waals surface area contributed by atoms with E-state index in [-0.39, 0.29) is 24.2 Å². The van der Waals surface area contributed by atoms with Crippen molar-refractivity contribution in [2.45, 2.75) is 63.8 Å². The minimum Gasteiger partial charge on any atom is -0.480 e. The molecule has 0 saturated carbocycles. The van der Waals surface area contributed by atoms with E-state index in [1.807, 2.05) is 13.8 Å². The number of nitrogens with one attached hydrogen (secondary N) is 2. The molecule has 0 aromatic heterocycles.